The van der Waals surface area contributed by atoms with Crippen molar-refractivity contribution in [3.63, 3.8) is 0 Å². The van der Waals surface area contributed by atoms with Crippen LogP contribution in [-0.4, -0.2) is 32.8 Å². The average molecular weight is 430 g/mol. The van der Waals surface area contributed by atoms with E-state index in [9.17, 15) is 13.2 Å². The smallest absolute Gasteiger partial charge is 0.260 e. The summed E-state index contributed by atoms with van der Waals surface area (Å²) in [4.78, 5) is 13.1. The SMILES string of the molecule is C/C(=N/NC(=O)CN(c1ccccc1Br)S(C)(=O)=O)c1cccs1. The summed E-state index contributed by atoms with van der Waals surface area (Å²) in [5.41, 5.74) is 3.45. The number of hydrazone groups is 1. The number of nitrogens with one attached hydrogen (secondary N) is 1. The van der Waals surface area contributed by atoms with Crippen LogP contribution in [0.2, 0.25) is 0 Å². The summed E-state index contributed by atoms with van der Waals surface area (Å²) in [6.07, 6.45) is 1.06. The lowest BCUT2D eigenvalue weighted by Crippen LogP contribution is -2.39. The van der Waals surface area contributed by atoms with Crippen molar-refractivity contribution in [2.45, 2.75) is 6.92 Å². The number of halogens is 1. The molecule has 1 aromatic carbocycles. The predicted molar refractivity (Wildman–Crippen MR) is 101 cm³/mol. The van der Waals surface area contributed by atoms with Crippen LogP contribution in [-0.2, 0) is 14.8 Å². The van der Waals surface area contributed by atoms with E-state index in [1.807, 2.05) is 17.5 Å². The third kappa shape index (κ3) is 4.89. The van der Waals surface area contributed by atoms with Crippen LogP contribution in [0, 0.1) is 0 Å². The second kappa shape index (κ2) is 7.91. The Morgan fingerprint density at radius 1 is 1.29 bits per heavy atom. The van der Waals surface area contributed by atoms with E-state index in [0.29, 0.717) is 15.9 Å². The number of sulfonamides is 1. The van der Waals surface area contributed by atoms with Gasteiger partial charge in [0.05, 0.1) is 17.7 Å². The molecule has 1 aromatic heterocycles. The zero-order valence-electron chi connectivity index (χ0n) is 13.1. The Kier molecular flexibility index (Phi) is 6.14. The van der Waals surface area contributed by atoms with Crippen molar-refractivity contribution in [1.82, 2.24) is 5.43 Å². The number of benzene rings is 1. The van der Waals surface area contributed by atoms with Crippen molar-refractivity contribution in [2.24, 2.45) is 5.10 Å². The van der Waals surface area contributed by atoms with Crippen LogP contribution in [0.5, 0.6) is 0 Å². The first kappa shape index (κ1) is 18.6. The van der Waals surface area contributed by atoms with E-state index in [1.54, 1.807) is 31.2 Å². The van der Waals surface area contributed by atoms with Crippen LogP contribution >= 0.6 is 27.3 Å². The van der Waals surface area contributed by atoms with Gasteiger partial charge < -0.3 is 0 Å². The molecule has 0 aliphatic heterocycles. The number of rotatable bonds is 6. The number of nitrogens with zero attached hydrogens (tertiary/aromatic N) is 2. The summed E-state index contributed by atoms with van der Waals surface area (Å²) in [6, 6.07) is 10.6. The van der Waals surface area contributed by atoms with Crippen LogP contribution in [0.25, 0.3) is 0 Å². The van der Waals surface area contributed by atoms with Gasteiger partial charge in [0.15, 0.2) is 0 Å². The van der Waals surface area contributed by atoms with E-state index < -0.39 is 15.9 Å². The largest absolute Gasteiger partial charge is 0.271 e. The molecule has 0 fully saturated rings. The second-order valence-electron chi connectivity index (χ2n) is 4.93. The third-order valence-electron chi connectivity index (χ3n) is 3.03. The molecule has 0 unspecified atom stereocenters. The normalized spacial score (nSPS) is 12.0. The van der Waals surface area contributed by atoms with E-state index in [2.05, 4.69) is 26.5 Å². The fourth-order valence-electron chi connectivity index (χ4n) is 1.89. The van der Waals surface area contributed by atoms with Crippen LogP contribution in [0.15, 0.2) is 51.4 Å². The van der Waals surface area contributed by atoms with Gasteiger partial charge in [0.25, 0.3) is 5.91 Å². The Balaban J connectivity index is 2.15. The highest BCUT2D eigenvalue weighted by Crippen LogP contribution is 2.27. The van der Waals surface area contributed by atoms with Crippen molar-refractivity contribution in [3.05, 3.63) is 51.1 Å². The van der Waals surface area contributed by atoms with Crippen LogP contribution < -0.4 is 9.73 Å². The van der Waals surface area contributed by atoms with Crippen molar-refractivity contribution in [1.29, 1.82) is 0 Å². The number of anilines is 1. The first-order valence-electron chi connectivity index (χ1n) is 6.88. The zero-order chi connectivity index (χ0) is 17.7. The van der Waals surface area contributed by atoms with Gasteiger partial charge in [-0.05, 0) is 46.4 Å². The highest BCUT2D eigenvalue weighted by atomic mass is 79.9. The molecule has 24 heavy (non-hydrogen) atoms. The van der Waals surface area contributed by atoms with Gasteiger partial charge in [-0.2, -0.15) is 5.10 Å². The number of thiophene rings is 1. The molecule has 6 nitrogen and oxygen atoms in total. The van der Waals surface area contributed by atoms with Gasteiger partial charge in [-0.15, -0.1) is 11.3 Å². The van der Waals surface area contributed by atoms with Crippen LogP contribution in [0.3, 0.4) is 0 Å². The Bertz CT molecular complexity index is 849. The molecule has 2 aromatic rings. The molecule has 0 saturated heterocycles. The standard InChI is InChI=1S/C15H16BrN3O3S2/c1-11(14-8-5-9-23-14)17-18-15(20)10-19(24(2,21)22)13-7-4-3-6-12(13)16/h3-9H,10H2,1-2H3,(H,18,20)/b17-11-. The fraction of sp³-hybridized carbons (Fsp3) is 0.200. The lowest BCUT2D eigenvalue weighted by Gasteiger charge is -2.22. The number of para-hydroxylation sites is 1. The molecule has 0 bridgehead atoms. The van der Waals surface area contributed by atoms with Gasteiger partial charge in [-0.1, -0.05) is 18.2 Å². The Labute approximate surface area is 153 Å². The number of hydrogen-bond acceptors (Lipinski definition) is 5. The summed E-state index contributed by atoms with van der Waals surface area (Å²) in [5, 5.41) is 5.92. The maximum absolute atomic E-state index is 12.1. The molecule has 1 amide bonds. The molecule has 1 N–H and O–H groups in total. The van der Waals surface area contributed by atoms with Gasteiger partial charge in [-0.3, -0.25) is 9.10 Å². The molecule has 1 heterocycles. The molecule has 0 spiro atoms. The maximum Gasteiger partial charge on any atom is 0.260 e. The Hall–Kier alpha value is -1.71. The van der Waals surface area contributed by atoms with E-state index in [4.69, 9.17) is 0 Å². The number of carbonyl (C=O) groups excluding carboxylic acids is 1. The van der Waals surface area contributed by atoms with Gasteiger partial charge >= 0.3 is 0 Å². The summed E-state index contributed by atoms with van der Waals surface area (Å²) >= 11 is 4.81. The third-order valence-corrected chi connectivity index (χ3v) is 5.81. The van der Waals surface area contributed by atoms with E-state index in [-0.39, 0.29) is 6.54 Å². The molecule has 0 aliphatic carbocycles. The topological polar surface area (TPSA) is 78.8 Å². The monoisotopic (exact) mass is 429 g/mol. The van der Waals surface area contributed by atoms with Gasteiger partial charge in [0, 0.05) is 9.35 Å². The lowest BCUT2D eigenvalue weighted by molar-refractivity contribution is -0.119. The van der Waals surface area contributed by atoms with E-state index in [0.717, 1.165) is 15.4 Å². The summed E-state index contributed by atoms with van der Waals surface area (Å²) in [6.45, 7) is 1.41. The summed E-state index contributed by atoms with van der Waals surface area (Å²) in [7, 11) is -3.62. The minimum Gasteiger partial charge on any atom is -0.271 e. The summed E-state index contributed by atoms with van der Waals surface area (Å²) < 4.78 is 25.7. The fourth-order valence-corrected chi connectivity index (χ4v) is 4.05. The van der Waals surface area contributed by atoms with Crippen molar-refractivity contribution in [2.75, 3.05) is 17.1 Å². The van der Waals surface area contributed by atoms with Gasteiger partial charge in [0.2, 0.25) is 10.0 Å². The molecule has 2 rings (SSSR count). The molecule has 0 atom stereocenters. The molecule has 0 radical (unpaired) electrons. The Morgan fingerprint density at radius 2 is 2.00 bits per heavy atom. The number of amides is 1. The molecule has 128 valence electrons. The zero-order valence-corrected chi connectivity index (χ0v) is 16.3. The lowest BCUT2D eigenvalue weighted by atomic mass is 10.3. The molecular weight excluding hydrogens is 414 g/mol. The van der Waals surface area contributed by atoms with E-state index in [1.165, 1.54) is 11.3 Å². The molecule has 0 saturated carbocycles. The Morgan fingerprint density at radius 3 is 2.58 bits per heavy atom. The molecule has 0 aliphatic rings. The first-order valence-corrected chi connectivity index (χ1v) is 10.4. The molecular formula is C15H16BrN3O3S2. The minimum absolute atomic E-state index is 0.358. The molecule has 9 heteroatoms. The average Bonchev–Trinajstić information content (AvgIpc) is 3.04. The van der Waals surface area contributed by atoms with Gasteiger partial charge in [-0.25, -0.2) is 13.8 Å². The number of hydrogen-bond donors (Lipinski definition) is 1. The van der Waals surface area contributed by atoms with Crippen LogP contribution in [0.1, 0.15) is 11.8 Å². The highest BCUT2D eigenvalue weighted by molar-refractivity contribution is 9.10. The quantitative estimate of drug-likeness (QED) is 0.566. The van der Waals surface area contributed by atoms with Crippen molar-refractivity contribution < 1.29 is 13.2 Å². The highest BCUT2D eigenvalue weighted by Gasteiger charge is 2.22. The van der Waals surface area contributed by atoms with Crippen LogP contribution in [0.4, 0.5) is 5.69 Å². The summed E-state index contributed by atoms with van der Waals surface area (Å²) in [5.74, 6) is -0.521. The van der Waals surface area contributed by atoms with Crippen molar-refractivity contribution >= 4 is 54.6 Å². The van der Waals surface area contributed by atoms with Gasteiger partial charge in [0.1, 0.15) is 6.54 Å². The number of carbonyl (C=O) groups is 1. The maximum atomic E-state index is 12.1. The van der Waals surface area contributed by atoms with E-state index >= 15 is 0 Å². The first-order chi connectivity index (χ1) is 11.3. The predicted octanol–water partition coefficient (Wildman–Crippen LogP) is 2.82. The van der Waals surface area contributed by atoms with Crippen molar-refractivity contribution in [3.8, 4) is 0 Å². The second-order valence-corrected chi connectivity index (χ2v) is 8.64. The minimum atomic E-state index is -3.62.